The molecule has 0 bridgehead atoms. The molecule has 2 aromatic rings. The van der Waals surface area contributed by atoms with Gasteiger partial charge in [0.05, 0.1) is 6.54 Å². The Kier molecular flexibility index (Phi) is 4.20. The van der Waals surface area contributed by atoms with Crippen molar-refractivity contribution in [1.82, 2.24) is 19.7 Å². The predicted octanol–water partition coefficient (Wildman–Crippen LogP) is 2.84. The maximum Gasteiger partial charge on any atom is 0.163 e. The highest BCUT2D eigenvalue weighted by Crippen LogP contribution is 2.23. The number of hydrogen-bond donors (Lipinski definition) is 0. The summed E-state index contributed by atoms with van der Waals surface area (Å²) < 4.78 is 29.1. The molecular weight excluding hydrogens is 286 g/mol. The fraction of sp³-hybridized carbons (Fsp3) is 0.500. The van der Waals surface area contributed by atoms with Crippen LogP contribution in [-0.4, -0.2) is 32.3 Å². The first-order chi connectivity index (χ1) is 10.5. The topological polar surface area (TPSA) is 34.0 Å². The molecule has 3 rings (SSSR count). The van der Waals surface area contributed by atoms with Gasteiger partial charge in [-0.25, -0.2) is 18.4 Å². The second-order valence-electron chi connectivity index (χ2n) is 5.87. The molecule has 4 nitrogen and oxygen atoms in total. The van der Waals surface area contributed by atoms with Gasteiger partial charge >= 0.3 is 0 Å². The lowest BCUT2D eigenvalue weighted by atomic mass is 10.1. The number of aromatic nitrogens is 3. The molecule has 1 aromatic carbocycles. The van der Waals surface area contributed by atoms with Crippen LogP contribution in [0.4, 0.5) is 8.78 Å². The van der Waals surface area contributed by atoms with Crippen LogP contribution in [0.2, 0.25) is 0 Å². The van der Waals surface area contributed by atoms with Crippen molar-refractivity contribution < 1.29 is 8.78 Å². The van der Waals surface area contributed by atoms with Crippen molar-refractivity contribution in [2.75, 3.05) is 6.54 Å². The molecule has 1 fully saturated rings. The van der Waals surface area contributed by atoms with Gasteiger partial charge in [0.1, 0.15) is 11.6 Å². The summed E-state index contributed by atoms with van der Waals surface area (Å²) in [5.74, 6) is 0.136. The minimum atomic E-state index is -0.781. The number of nitrogens with zero attached hydrogens (tertiary/aromatic N) is 4. The van der Waals surface area contributed by atoms with Crippen molar-refractivity contribution in [2.45, 2.75) is 45.8 Å². The van der Waals surface area contributed by atoms with E-state index in [1.807, 2.05) is 18.5 Å². The first-order valence-electron chi connectivity index (χ1n) is 7.59. The van der Waals surface area contributed by atoms with Crippen LogP contribution in [0, 0.1) is 25.5 Å². The number of rotatable bonds is 4. The van der Waals surface area contributed by atoms with Crippen molar-refractivity contribution in [3.63, 3.8) is 0 Å². The zero-order chi connectivity index (χ0) is 15.7. The van der Waals surface area contributed by atoms with Crippen LogP contribution in [0.3, 0.4) is 0 Å². The Morgan fingerprint density at radius 3 is 2.82 bits per heavy atom. The lowest BCUT2D eigenvalue weighted by Gasteiger charge is -2.25. The summed E-state index contributed by atoms with van der Waals surface area (Å²) in [6, 6.07) is 4.65. The van der Waals surface area contributed by atoms with Crippen LogP contribution in [0.5, 0.6) is 0 Å². The van der Waals surface area contributed by atoms with Gasteiger partial charge in [-0.1, -0.05) is 12.1 Å². The molecule has 22 heavy (non-hydrogen) atoms. The molecule has 1 aliphatic rings. The van der Waals surface area contributed by atoms with Crippen LogP contribution < -0.4 is 0 Å². The molecule has 0 amide bonds. The summed E-state index contributed by atoms with van der Waals surface area (Å²) >= 11 is 0. The van der Waals surface area contributed by atoms with Gasteiger partial charge in [-0.15, -0.1) is 0 Å². The fourth-order valence-corrected chi connectivity index (χ4v) is 3.13. The van der Waals surface area contributed by atoms with Crippen LogP contribution in [0.1, 0.15) is 30.1 Å². The molecule has 0 spiro atoms. The molecule has 1 saturated heterocycles. The zero-order valence-corrected chi connectivity index (χ0v) is 12.9. The molecule has 1 aromatic heterocycles. The highest BCUT2D eigenvalue weighted by atomic mass is 19.2. The minimum Gasteiger partial charge on any atom is -0.294 e. The van der Waals surface area contributed by atoms with Gasteiger partial charge in [0.25, 0.3) is 0 Å². The normalized spacial score (nSPS) is 19.0. The lowest BCUT2D eigenvalue weighted by Crippen LogP contribution is -2.33. The number of likely N-dealkylation sites (tertiary alicyclic amines) is 1. The molecular formula is C16H20F2N4. The van der Waals surface area contributed by atoms with Gasteiger partial charge in [-0.2, -0.15) is 5.10 Å². The highest BCUT2D eigenvalue weighted by molar-refractivity contribution is 5.19. The Morgan fingerprint density at radius 2 is 2.09 bits per heavy atom. The zero-order valence-electron chi connectivity index (χ0n) is 12.9. The molecule has 6 heteroatoms. The SMILES string of the molecule is Cc1nc(C)n(C[C@H]2CCCN2Cc2cccc(F)c2F)n1. The molecule has 1 atom stereocenters. The number of benzene rings is 1. The van der Waals surface area contributed by atoms with Crippen LogP contribution >= 0.6 is 0 Å². The average Bonchev–Trinajstić information content (AvgIpc) is 3.03. The van der Waals surface area contributed by atoms with Gasteiger partial charge in [0.2, 0.25) is 0 Å². The molecule has 1 aliphatic heterocycles. The van der Waals surface area contributed by atoms with E-state index in [-0.39, 0.29) is 6.04 Å². The first kappa shape index (κ1) is 15.1. The summed E-state index contributed by atoms with van der Waals surface area (Å²) in [5, 5.41) is 4.39. The van der Waals surface area contributed by atoms with Crippen LogP contribution in [0.15, 0.2) is 18.2 Å². The molecule has 0 N–H and O–H groups in total. The summed E-state index contributed by atoms with van der Waals surface area (Å²) in [6.07, 6.45) is 2.10. The third-order valence-corrected chi connectivity index (χ3v) is 4.25. The number of aryl methyl sites for hydroxylation is 2. The van der Waals surface area contributed by atoms with E-state index in [2.05, 4.69) is 15.0 Å². The molecule has 0 aliphatic carbocycles. The van der Waals surface area contributed by atoms with Crippen molar-refractivity contribution in [3.8, 4) is 0 Å². The standard InChI is InChI=1S/C16H20F2N4/c1-11-19-12(2)22(20-11)10-14-6-4-8-21(14)9-13-5-3-7-15(17)16(13)18/h3,5,7,14H,4,6,8-10H2,1-2H3/t14-/m1/s1. The maximum atomic E-state index is 13.8. The molecule has 0 unspecified atom stereocenters. The van der Waals surface area contributed by atoms with Crippen LogP contribution in [-0.2, 0) is 13.1 Å². The van der Waals surface area contributed by atoms with E-state index in [0.717, 1.165) is 43.6 Å². The van der Waals surface area contributed by atoms with E-state index >= 15 is 0 Å². The Hall–Kier alpha value is -1.82. The first-order valence-corrected chi connectivity index (χ1v) is 7.59. The third kappa shape index (κ3) is 3.02. The van der Waals surface area contributed by atoms with Crippen molar-refractivity contribution in [2.24, 2.45) is 0 Å². The van der Waals surface area contributed by atoms with Gasteiger partial charge in [-0.3, -0.25) is 4.90 Å². The molecule has 0 saturated carbocycles. The Bertz CT molecular complexity index is 668. The number of halogens is 2. The highest BCUT2D eigenvalue weighted by Gasteiger charge is 2.26. The van der Waals surface area contributed by atoms with E-state index in [0.29, 0.717) is 12.1 Å². The largest absolute Gasteiger partial charge is 0.294 e. The van der Waals surface area contributed by atoms with Crippen molar-refractivity contribution in [1.29, 1.82) is 0 Å². The van der Waals surface area contributed by atoms with Gasteiger partial charge in [0.15, 0.2) is 11.6 Å². The van der Waals surface area contributed by atoms with Crippen molar-refractivity contribution >= 4 is 0 Å². The minimum absolute atomic E-state index is 0.280. The Balaban J connectivity index is 1.73. The Labute approximate surface area is 128 Å². The Morgan fingerprint density at radius 1 is 1.27 bits per heavy atom. The summed E-state index contributed by atoms with van der Waals surface area (Å²) in [7, 11) is 0. The van der Waals surface area contributed by atoms with E-state index in [4.69, 9.17) is 0 Å². The van der Waals surface area contributed by atoms with Crippen LogP contribution in [0.25, 0.3) is 0 Å². The summed E-state index contributed by atoms with van der Waals surface area (Å²) in [4.78, 5) is 6.51. The monoisotopic (exact) mass is 306 g/mol. The second-order valence-corrected chi connectivity index (χ2v) is 5.87. The van der Waals surface area contributed by atoms with Gasteiger partial charge in [0, 0.05) is 18.2 Å². The van der Waals surface area contributed by atoms with Gasteiger partial charge in [-0.05, 0) is 39.3 Å². The van der Waals surface area contributed by atoms with Crippen molar-refractivity contribution in [3.05, 3.63) is 47.0 Å². The molecule has 2 heterocycles. The molecule has 0 radical (unpaired) electrons. The predicted molar refractivity (Wildman–Crippen MR) is 79.3 cm³/mol. The van der Waals surface area contributed by atoms with E-state index in [1.54, 1.807) is 12.1 Å². The lowest BCUT2D eigenvalue weighted by molar-refractivity contribution is 0.214. The fourth-order valence-electron chi connectivity index (χ4n) is 3.13. The maximum absolute atomic E-state index is 13.8. The smallest absolute Gasteiger partial charge is 0.163 e. The van der Waals surface area contributed by atoms with Gasteiger partial charge < -0.3 is 0 Å². The number of hydrogen-bond acceptors (Lipinski definition) is 3. The third-order valence-electron chi connectivity index (χ3n) is 4.25. The summed E-state index contributed by atoms with van der Waals surface area (Å²) in [6.45, 7) is 5.88. The quantitative estimate of drug-likeness (QED) is 0.871. The van der Waals surface area contributed by atoms with E-state index in [9.17, 15) is 8.78 Å². The van der Waals surface area contributed by atoms with E-state index in [1.165, 1.54) is 0 Å². The summed E-state index contributed by atoms with van der Waals surface area (Å²) in [5.41, 5.74) is 0.415. The molecule has 118 valence electrons. The van der Waals surface area contributed by atoms with E-state index < -0.39 is 11.6 Å². The second kappa shape index (κ2) is 6.12. The average molecular weight is 306 g/mol.